The first kappa shape index (κ1) is 12.4. The van der Waals surface area contributed by atoms with Crippen LogP contribution in [0, 0.1) is 11.3 Å². The van der Waals surface area contributed by atoms with Crippen LogP contribution in [0.2, 0.25) is 0 Å². The number of esters is 1. The van der Waals surface area contributed by atoms with Gasteiger partial charge in [0.2, 0.25) is 0 Å². The third-order valence-electron chi connectivity index (χ3n) is 3.42. The first-order chi connectivity index (χ1) is 8.49. The van der Waals surface area contributed by atoms with Crippen molar-refractivity contribution in [3.8, 4) is 5.75 Å². The Kier molecular flexibility index (Phi) is 2.98. The zero-order chi connectivity index (χ0) is 13.3. The second kappa shape index (κ2) is 4.33. The van der Waals surface area contributed by atoms with Crippen molar-refractivity contribution in [2.24, 2.45) is 11.3 Å². The van der Waals surface area contributed by atoms with Gasteiger partial charge in [-0.25, -0.2) is 0 Å². The Balaban J connectivity index is 2.20. The van der Waals surface area contributed by atoms with Crippen LogP contribution in [0.5, 0.6) is 5.75 Å². The van der Waals surface area contributed by atoms with Crippen molar-refractivity contribution in [3.63, 3.8) is 0 Å². The van der Waals surface area contributed by atoms with Crippen molar-refractivity contribution in [3.05, 3.63) is 29.8 Å². The maximum atomic E-state index is 11.7. The van der Waals surface area contributed by atoms with Gasteiger partial charge in [-0.15, -0.1) is 0 Å². The molecular formula is C13H14O5. The number of rotatable bonds is 4. The number of carbonyl (C=O) groups is 2. The van der Waals surface area contributed by atoms with Crippen LogP contribution >= 0.6 is 0 Å². The van der Waals surface area contributed by atoms with E-state index in [-0.39, 0.29) is 5.75 Å². The van der Waals surface area contributed by atoms with Gasteiger partial charge >= 0.3 is 11.9 Å². The van der Waals surface area contributed by atoms with Gasteiger partial charge in [-0.2, -0.15) is 0 Å². The fourth-order valence-corrected chi connectivity index (χ4v) is 2.30. The van der Waals surface area contributed by atoms with Crippen LogP contribution < -0.4 is 0 Å². The summed E-state index contributed by atoms with van der Waals surface area (Å²) >= 11 is 0. The summed E-state index contributed by atoms with van der Waals surface area (Å²) in [5.41, 5.74) is -0.140. The molecule has 1 fully saturated rings. The van der Waals surface area contributed by atoms with Gasteiger partial charge in [-0.3, -0.25) is 9.59 Å². The summed E-state index contributed by atoms with van der Waals surface area (Å²) in [6.45, 7) is 0. The standard InChI is InChI=1S/C13H14O5/c1-18-12(17)13(7-10(13)11(15)16)6-8-2-4-9(14)5-3-8/h2-5,10,14H,6-7H2,1H3,(H,15,16)/t10?,13-/m1/s1. The Morgan fingerprint density at radius 2 is 2.00 bits per heavy atom. The van der Waals surface area contributed by atoms with Gasteiger partial charge in [-0.1, -0.05) is 12.1 Å². The molecule has 2 atom stereocenters. The zero-order valence-corrected chi connectivity index (χ0v) is 9.92. The van der Waals surface area contributed by atoms with E-state index in [0.717, 1.165) is 5.56 Å². The lowest BCUT2D eigenvalue weighted by Crippen LogP contribution is -2.25. The van der Waals surface area contributed by atoms with Crippen molar-refractivity contribution in [2.75, 3.05) is 7.11 Å². The van der Waals surface area contributed by atoms with Gasteiger partial charge in [0.15, 0.2) is 0 Å². The van der Waals surface area contributed by atoms with E-state index in [2.05, 4.69) is 0 Å². The van der Waals surface area contributed by atoms with Gasteiger partial charge in [-0.05, 0) is 30.5 Å². The van der Waals surface area contributed by atoms with Crippen LogP contribution in [0.15, 0.2) is 24.3 Å². The molecule has 5 heteroatoms. The lowest BCUT2D eigenvalue weighted by molar-refractivity contribution is -0.151. The molecule has 1 aromatic carbocycles. The highest BCUT2D eigenvalue weighted by molar-refractivity contribution is 5.90. The van der Waals surface area contributed by atoms with Crippen molar-refractivity contribution in [1.29, 1.82) is 0 Å². The topological polar surface area (TPSA) is 83.8 Å². The summed E-state index contributed by atoms with van der Waals surface area (Å²) in [5, 5.41) is 18.2. The largest absolute Gasteiger partial charge is 0.508 e. The highest BCUT2D eigenvalue weighted by atomic mass is 16.5. The second-order valence-corrected chi connectivity index (χ2v) is 4.59. The minimum absolute atomic E-state index is 0.136. The Bertz CT molecular complexity index is 479. The predicted molar refractivity (Wildman–Crippen MR) is 62.0 cm³/mol. The van der Waals surface area contributed by atoms with Crippen LogP contribution in [-0.4, -0.2) is 29.3 Å². The first-order valence-electron chi connectivity index (χ1n) is 5.59. The molecule has 0 aliphatic heterocycles. The highest BCUT2D eigenvalue weighted by Crippen LogP contribution is 2.55. The number of carboxylic acids is 1. The molecule has 5 nitrogen and oxygen atoms in total. The van der Waals surface area contributed by atoms with Crippen LogP contribution in [0.1, 0.15) is 12.0 Å². The number of ether oxygens (including phenoxy) is 1. The predicted octanol–water partition coefficient (Wildman–Crippen LogP) is 1.20. The zero-order valence-electron chi connectivity index (χ0n) is 9.92. The van der Waals surface area contributed by atoms with Crippen molar-refractivity contribution in [2.45, 2.75) is 12.8 Å². The first-order valence-corrected chi connectivity index (χ1v) is 5.59. The van der Waals surface area contributed by atoms with E-state index in [0.29, 0.717) is 12.8 Å². The van der Waals surface area contributed by atoms with E-state index in [9.17, 15) is 14.7 Å². The van der Waals surface area contributed by atoms with Crippen LogP contribution in [0.4, 0.5) is 0 Å². The normalized spacial score (nSPS) is 25.5. The average Bonchev–Trinajstić information content (AvgIpc) is 3.07. The van der Waals surface area contributed by atoms with Gasteiger partial charge < -0.3 is 14.9 Å². The summed E-state index contributed by atoms with van der Waals surface area (Å²) in [6.07, 6.45) is 0.618. The minimum Gasteiger partial charge on any atom is -0.508 e. The van der Waals surface area contributed by atoms with E-state index in [1.807, 2.05) is 0 Å². The number of methoxy groups -OCH3 is 1. The lowest BCUT2D eigenvalue weighted by Gasteiger charge is -2.13. The Hall–Kier alpha value is -2.04. The number of aromatic hydroxyl groups is 1. The molecule has 0 saturated heterocycles. The molecule has 1 unspecified atom stereocenters. The molecule has 0 radical (unpaired) electrons. The summed E-state index contributed by atoms with van der Waals surface area (Å²) in [6, 6.07) is 6.38. The third-order valence-corrected chi connectivity index (χ3v) is 3.42. The average molecular weight is 250 g/mol. The molecule has 2 N–H and O–H groups in total. The maximum absolute atomic E-state index is 11.7. The second-order valence-electron chi connectivity index (χ2n) is 4.59. The molecule has 96 valence electrons. The van der Waals surface area contributed by atoms with E-state index >= 15 is 0 Å². The summed E-state index contributed by atoms with van der Waals surface area (Å²) in [4.78, 5) is 22.7. The molecule has 0 spiro atoms. The van der Waals surface area contributed by atoms with E-state index in [1.54, 1.807) is 12.1 Å². The number of phenolic OH excluding ortho intramolecular Hbond substituents is 1. The van der Waals surface area contributed by atoms with Crippen molar-refractivity contribution >= 4 is 11.9 Å². The molecule has 1 saturated carbocycles. The summed E-state index contributed by atoms with van der Waals surface area (Å²) in [5.74, 6) is -2.00. The molecule has 1 aliphatic carbocycles. The third kappa shape index (κ3) is 2.03. The van der Waals surface area contributed by atoms with Gasteiger partial charge in [0.25, 0.3) is 0 Å². The van der Waals surface area contributed by atoms with Gasteiger partial charge in [0.05, 0.1) is 18.4 Å². The molecule has 0 aromatic heterocycles. The number of carbonyl (C=O) groups excluding carboxylic acids is 1. The number of benzene rings is 1. The molecule has 0 bridgehead atoms. The summed E-state index contributed by atoms with van der Waals surface area (Å²) < 4.78 is 4.70. The van der Waals surface area contributed by atoms with Crippen molar-refractivity contribution < 1.29 is 24.5 Å². The van der Waals surface area contributed by atoms with E-state index in [1.165, 1.54) is 19.2 Å². The molecule has 1 aromatic rings. The quantitative estimate of drug-likeness (QED) is 0.784. The van der Waals surface area contributed by atoms with Crippen LogP contribution in [0.25, 0.3) is 0 Å². The molecule has 2 rings (SSSR count). The van der Waals surface area contributed by atoms with E-state index in [4.69, 9.17) is 9.84 Å². The number of aliphatic carboxylic acids is 1. The monoisotopic (exact) mass is 250 g/mol. The number of hydrogen-bond donors (Lipinski definition) is 2. The van der Waals surface area contributed by atoms with Crippen LogP contribution in [0.3, 0.4) is 0 Å². The SMILES string of the molecule is COC(=O)[C@]1(Cc2ccc(O)cc2)CC1C(=O)O. The molecule has 18 heavy (non-hydrogen) atoms. The highest BCUT2D eigenvalue weighted by Gasteiger charge is 2.64. The van der Waals surface area contributed by atoms with Crippen LogP contribution in [-0.2, 0) is 20.7 Å². The Labute approximate surface area is 104 Å². The fraction of sp³-hybridized carbons (Fsp3) is 0.385. The van der Waals surface area contributed by atoms with Crippen molar-refractivity contribution in [1.82, 2.24) is 0 Å². The molecular weight excluding hydrogens is 236 g/mol. The fourth-order valence-electron chi connectivity index (χ4n) is 2.30. The number of carboxylic acid groups (broad SMARTS) is 1. The Morgan fingerprint density at radius 1 is 1.39 bits per heavy atom. The summed E-state index contributed by atoms with van der Waals surface area (Å²) in [7, 11) is 1.26. The Morgan fingerprint density at radius 3 is 2.44 bits per heavy atom. The maximum Gasteiger partial charge on any atom is 0.313 e. The van der Waals surface area contributed by atoms with Gasteiger partial charge in [0.1, 0.15) is 5.75 Å². The number of hydrogen-bond acceptors (Lipinski definition) is 4. The minimum atomic E-state index is -0.973. The van der Waals surface area contributed by atoms with E-state index < -0.39 is 23.3 Å². The molecule has 0 amide bonds. The molecule has 0 heterocycles. The smallest absolute Gasteiger partial charge is 0.313 e. The van der Waals surface area contributed by atoms with Gasteiger partial charge in [0, 0.05) is 0 Å². The lowest BCUT2D eigenvalue weighted by atomic mass is 9.94. The molecule has 1 aliphatic rings. The number of phenols is 1.